The van der Waals surface area contributed by atoms with Gasteiger partial charge in [0.25, 0.3) is 0 Å². The number of nitrogens with zero attached hydrogens (tertiary/aromatic N) is 2. The summed E-state index contributed by atoms with van der Waals surface area (Å²) < 4.78 is 5.54. The number of carboxylic acid groups (broad SMARTS) is 1. The quantitative estimate of drug-likeness (QED) is 0.533. The SMILES string of the molecule is O=C(Nc1ncc(CCC(=O)N2CC(C(=O)O)C2)s1)OCC1c2ccccc2-c2ccccc21. The molecule has 5 rings (SSSR count). The minimum atomic E-state index is -0.865. The second-order valence-electron chi connectivity index (χ2n) is 8.42. The second-order valence-corrected chi connectivity index (χ2v) is 9.53. The van der Waals surface area contributed by atoms with Crippen LogP contribution in [0.5, 0.6) is 0 Å². The molecule has 0 spiro atoms. The van der Waals surface area contributed by atoms with Gasteiger partial charge < -0.3 is 14.7 Å². The lowest BCUT2D eigenvalue weighted by molar-refractivity contribution is -0.152. The first-order chi connectivity index (χ1) is 16.5. The topological polar surface area (TPSA) is 109 Å². The number of hydrogen-bond donors (Lipinski definition) is 2. The van der Waals surface area contributed by atoms with E-state index in [0.717, 1.165) is 16.0 Å². The van der Waals surface area contributed by atoms with Crippen molar-refractivity contribution in [3.63, 3.8) is 0 Å². The summed E-state index contributed by atoms with van der Waals surface area (Å²) in [7, 11) is 0. The molecule has 2 aliphatic rings. The molecule has 0 unspecified atom stereocenters. The van der Waals surface area contributed by atoms with Crippen LogP contribution in [0.1, 0.15) is 28.3 Å². The number of likely N-dealkylation sites (tertiary alicyclic amines) is 1. The highest BCUT2D eigenvalue weighted by molar-refractivity contribution is 7.15. The Morgan fingerprint density at radius 2 is 1.71 bits per heavy atom. The van der Waals surface area contributed by atoms with Gasteiger partial charge in [0.15, 0.2) is 5.13 Å². The number of aliphatic carboxylic acids is 1. The Labute approximate surface area is 200 Å². The minimum absolute atomic E-state index is 0.0155. The summed E-state index contributed by atoms with van der Waals surface area (Å²) in [6.45, 7) is 0.761. The number of aryl methyl sites for hydroxylation is 1. The average molecular weight is 478 g/mol. The van der Waals surface area contributed by atoms with Crippen molar-refractivity contribution in [2.45, 2.75) is 18.8 Å². The maximum Gasteiger partial charge on any atom is 0.413 e. The van der Waals surface area contributed by atoms with E-state index in [9.17, 15) is 14.4 Å². The zero-order valence-electron chi connectivity index (χ0n) is 18.3. The van der Waals surface area contributed by atoms with Gasteiger partial charge in [-0.05, 0) is 28.7 Å². The molecule has 0 saturated carbocycles. The molecule has 2 N–H and O–H groups in total. The van der Waals surface area contributed by atoms with Crippen LogP contribution < -0.4 is 5.32 Å². The van der Waals surface area contributed by atoms with Crippen LogP contribution >= 0.6 is 11.3 Å². The van der Waals surface area contributed by atoms with Crippen molar-refractivity contribution in [1.82, 2.24) is 9.88 Å². The van der Waals surface area contributed by atoms with E-state index in [1.807, 2.05) is 24.3 Å². The Bertz CT molecular complexity index is 1210. The third-order valence-corrected chi connectivity index (χ3v) is 7.25. The van der Waals surface area contributed by atoms with E-state index >= 15 is 0 Å². The molecule has 8 nitrogen and oxygen atoms in total. The van der Waals surface area contributed by atoms with Gasteiger partial charge >= 0.3 is 12.1 Å². The molecule has 34 heavy (non-hydrogen) atoms. The van der Waals surface area contributed by atoms with Gasteiger partial charge in [-0.3, -0.25) is 14.9 Å². The molecule has 0 atom stereocenters. The highest BCUT2D eigenvalue weighted by Gasteiger charge is 2.35. The molecule has 0 bridgehead atoms. The van der Waals surface area contributed by atoms with Gasteiger partial charge in [-0.1, -0.05) is 48.5 Å². The van der Waals surface area contributed by atoms with Crippen LogP contribution in [0.2, 0.25) is 0 Å². The number of amides is 2. The third kappa shape index (κ3) is 4.38. The molecule has 0 radical (unpaired) electrons. The fraction of sp³-hybridized carbons (Fsp3) is 0.280. The number of carbonyl (C=O) groups excluding carboxylic acids is 2. The summed E-state index contributed by atoms with van der Waals surface area (Å²) in [5, 5.41) is 12.0. The molecule has 174 valence electrons. The predicted octanol–water partition coefficient (Wildman–Crippen LogP) is 3.98. The van der Waals surface area contributed by atoms with E-state index < -0.39 is 18.0 Å². The van der Waals surface area contributed by atoms with Crippen LogP contribution in [0.15, 0.2) is 54.7 Å². The number of nitrogens with one attached hydrogen (secondary N) is 1. The van der Waals surface area contributed by atoms with Crippen molar-refractivity contribution < 1.29 is 24.2 Å². The van der Waals surface area contributed by atoms with E-state index in [1.54, 1.807) is 11.1 Å². The number of thiazole rings is 1. The molecule has 1 fully saturated rings. The van der Waals surface area contributed by atoms with Crippen LogP contribution in [0.3, 0.4) is 0 Å². The zero-order chi connectivity index (χ0) is 23.7. The number of carbonyl (C=O) groups is 3. The number of carboxylic acids is 1. The molecule has 1 saturated heterocycles. The Hall–Kier alpha value is -3.72. The molecule has 1 aliphatic carbocycles. The van der Waals surface area contributed by atoms with Crippen molar-refractivity contribution in [2.24, 2.45) is 5.92 Å². The summed E-state index contributed by atoms with van der Waals surface area (Å²) in [6, 6.07) is 16.3. The molecular weight excluding hydrogens is 454 g/mol. The van der Waals surface area contributed by atoms with E-state index in [4.69, 9.17) is 9.84 Å². The van der Waals surface area contributed by atoms with Crippen molar-refractivity contribution in [2.75, 3.05) is 25.0 Å². The summed E-state index contributed by atoms with van der Waals surface area (Å²) in [4.78, 5) is 42.1. The van der Waals surface area contributed by atoms with Crippen LogP contribution in [-0.4, -0.2) is 52.7 Å². The molecule has 1 aliphatic heterocycles. The lowest BCUT2D eigenvalue weighted by atomic mass is 9.98. The number of ether oxygens (including phenoxy) is 1. The Balaban J connectivity index is 1.12. The smallest absolute Gasteiger partial charge is 0.413 e. The standard InChI is InChI=1S/C25H23N3O5S/c29-22(28-12-15(13-28)23(30)31)10-9-16-11-26-24(34-16)27-25(32)33-14-21-19-7-3-1-5-17(19)18-6-2-4-8-20(18)21/h1-8,11,15,21H,9-10,12-14H2,(H,30,31)(H,26,27,32). The average Bonchev–Trinajstić information content (AvgIpc) is 3.37. The molecule has 9 heteroatoms. The number of aromatic nitrogens is 1. The zero-order valence-corrected chi connectivity index (χ0v) is 19.1. The highest BCUT2D eigenvalue weighted by Crippen LogP contribution is 2.44. The first kappa shape index (κ1) is 22.1. The summed E-state index contributed by atoms with van der Waals surface area (Å²) >= 11 is 1.29. The van der Waals surface area contributed by atoms with Gasteiger partial charge in [0.2, 0.25) is 5.91 Å². The lowest BCUT2D eigenvalue weighted by Crippen LogP contribution is -2.53. The summed E-state index contributed by atoms with van der Waals surface area (Å²) in [5.74, 6) is -1.41. The van der Waals surface area contributed by atoms with Crippen LogP contribution in [0.25, 0.3) is 11.1 Å². The summed E-state index contributed by atoms with van der Waals surface area (Å²) in [6.07, 6.45) is 1.82. The van der Waals surface area contributed by atoms with Crippen LogP contribution in [0, 0.1) is 5.92 Å². The Morgan fingerprint density at radius 3 is 2.35 bits per heavy atom. The fourth-order valence-electron chi connectivity index (χ4n) is 4.43. The Morgan fingerprint density at radius 1 is 1.06 bits per heavy atom. The second kappa shape index (κ2) is 9.26. The first-order valence-corrected chi connectivity index (χ1v) is 11.9. The van der Waals surface area contributed by atoms with Crippen molar-refractivity contribution >= 4 is 34.4 Å². The van der Waals surface area contributed by atoms with Gasteiger partial charge in [-0.2, -0.15) is 0 Å². The molecule has 2 aromatic carbocycles. The van der Waals surface area contributed by atoms with Crippen molar-refractivity contribution in [1.29, 1.82) is 0 Å². The maximum atomic E-state index is 12.4. The third-order valence-electron chi connectivity index (χ3n) is 6.27. The van der Waals surface area contributed by atoms with Gasteiger partial charge in [0, 0.05) is 36.5 Å². The van der Waals surface area contributed by atoms with Gasteiger partial charge in [0.1, 0.15) is 6.61 Å². The molecule has 2 amide bonds. The largest absolute Gasteiger partial charge is 0.481 e. The van der Waals surface area contributed by atoms with Crippen LogP contribution in [-0.2, 0) is 20.7 Å². The number of rotatable bonds is 7. The maximum absolute atomic E-state index is 12.4. The summed E-state index contributed by atoms with van der Waals surface area (Å²) in [5.41, 5.74) is 4.63. The number of anilines is 1. The highest BCUT2D eigenvalue weighted by atomic mass is 32.1. The molecular formula is C25H23N3O5S. The molecule has 3 aromatic rings. The predicted molar refractivity (Wildman–Crippen MR) is 127 cm³/mol. The number of benzene rings is 2. The van der Waals surface area contributed by atoms with Crippen molar-refractivity contribution in [3.8, 4) is 11.1 Å². The van der Waals surface area contributed by atoms with E-state index in [0.29, 0.717) is 11.6 Å². The minimum Gasteiger partial charge on any atom is -0.481 e. The lowest BCUT2D eigenvalue weighted by Gasteiger charge is -2.36. The normalized spacial score (nSPS) is 14.8. The fourth-order valence-corrected chi connectivity index (χ4v) is 5.23. The Kier molecular flexibility index (Phi) is 6.02. The van der Waals surface area contributed by atoms with Crippen LogP contribution in [0.4, 0.5) is 9.93 Å². The van der Waals surface area contributed by atoms with E-state index in [2.05, 4.69) is 34.6 Å². The first-order valence-electron chi connectivity index (χ1n) is 11.1. The monoisotopic (exact) mass is 477 g/mol. The number of hydrogen-bond acceptors (Lipinski definition) is 6. The number of fused-ring (bicyclic) bond motifs is 3. The van der Waals surface area contributed by atoms with E-state index in [-0.39, 0.29) is 37.9 Å². The van der Waals surface area contributed by atoms with E-state index in [1.165, 1.54) is 22.5 Å². The van der Waals surface area contributed by atoms with Gasteiger partial charge in [-0.25, -0.2) is 9.78 Å². The molecule has 1 aromatic heterocycles. The molecule has 2 heterocycles. The van der Waals surface area contributed by atoms with Gasteiger partial charge in [-0.15, -0.1) is 11.3 Å². The van der Waals surface area contributed by atoms with Crippen molar-refractivity contribution in [3.05, 3.63) is 70.7 Å². The van der Waals surface area contributed by atoms with Gasteiger partial charge in [0.05, 0.1) is 5.92 Å².